The fourth-order valence-electron chi connectivity index (χ4n) is 3.31. The van der Waals surface area contributed by atoms with Gasteiger partial charge in [-0.1, -0.05) is 44.2 Å². The quantitative estimate of drug-likeness (QED) is 0.663. The first-order valence-corrected chi connectivity index (χ1v) is 10.1. The molecule has 154 valence electrons. The van der Waals surface area contributed by atoms with Crippen LogP contribution in [0.3, 0.4) is 0 Å². The molecule has 30 heavy (non-hydrogen) atoms. The summed E-state index contributed by atoms with van der Waals surface area (Å²) in [5, 5.41) is 8.71. The molecule has 0 saturated carbocycles. The monoisotopic (exact) mass is 404 g/mol. The van der Waals surface area contributed by atoms with Crippen LogP contribution in [-0.2, 0) is 9.59 Å². The number of carbonyl (C=O) groups is 2. The van der Waals surface area contributed by atoms with Crippen molar-refractivity contribution in [3.63, 3.8) is 0 Å². The third-order valence-electron chi connectivity index (χ3n) is 4.94. The van der Waals surface area contributed by atoms with E-state index < -0.39 is 0 Å². The number of hydrogen-bond donors (Lipinski definition) is 1. The Hall–Kier alpha value is -3.48. The van der Waals surface area contributed by atoms with E-state index in [1.165, 1.54) is 5.01 Å². The molecule has 0 bridgehead atoms. The predicted octanol–water partition coefficient (Wildman–Crippen LogP) is 4.31. The second-order valence-corrected chi connectivity index (χ2v) is 7.62. The van der Waals surface area contributed by atoms with Crippen molar-refractivity contribution in [2.24, 2.45) is 5.10 Å². The number of hydrazone groups is 1. The SMILES string of the molecule is CC(C)c1nc2cc(NC(=O)CCC(=O)N3CCC(c4ccccc4)=N3)ccc2o1. The summed E-state index contributed by atoms with van der Waals surface area (Å²) in [7, 11) is 0. The Morgan fingerprint density at radius 2 is 1.93 bits per heavy atom. The number of benzene rings is 2. The maximum absolute atomic E-state index is 12.4. The van der Waals surface area contributed by atoms with E-state index in [0.29, 0.717) is 29.2 Å². The minimum Gasteiger partial charge on any atom is -0.440 e. The summed E-state index contributed by atoms with van der Waals surface area (Å²) >= 11 is 0. The lowest BCUT2D eigenvalue weighted by atomic mass is 10.1. The van der Waals surface area contributed by atoms with E-state index in [2.05, 4.69) is 15.4 Å². The van der Waals surface area contributed by atoms with Crippen LogP contribution in [0.5, 0.6) is 0 Å². The molecule has 1 aliphatic heterocycles. The van der Waals surface area contributed by atoms with Crippen LogP contribution < -0.4 is 5.32 Å². The lowest BCUT2D eigenvalue weighted by molar-refractivity contribution is -0.132. The van der Waals surface area contributed by atoms with Gasteiger partial charge in [0.05, 0.1) is 12.3 Å². The average Bonchev–Trinajstić information content (AvgIpc) is 3.40. The summed E-state index contributed by atoms with van der Waals surface area (Å²) in [5.74, 6) is 0.489. The number of carbonyl (C=O) groups excluding carboxylic acids is 2. The second kappa shape index (κ2) is 8.49. The number of anilines is 1. The number of nitrogens with one attached hydrogen (secondary N) is 1. The lowest BCUT2D eigenvalue weighted by Gasteiger charge is -2.11. The van der Waals surface area contributed by atoms with Crippen LogP contribution in [0.25, 0.3) is 11.1 Å². The van der Waals surface area contributed by atoms with Gasteiger partial charge in [0.25, 0.3) is 0 Å². The molecule has 0 unspecified atom stereocenters. The smallest absolute Gasteiger partial charge is 0.243 e. The number of oxazole rings is 1. The van der Waals surface area contributed by atoms with Crippen LogP contribution in [0.2, 0.25) is 0 Å². The molecule has 4 rings (SSSR count). The zero-order chi connectivity index (χ0) is 21.1. The fraction of sp³-hybridized carbons (Fsp3) is 0.304. The largest absolute Gasteiger partial charge is 0.440 e. The molecule has 0 atom stereocenters. The number of nitrogens with zero attached hydrogens (tertiary/aromatic N) is 3. The number of hydrogen-bond acceptors (Lipinski definition) is 5. The third kappa shape index (κ3) is 4.40. The minimum absolute atomic E-state index is 0.0968. The summed E-state index contributed by atoms with van der Waals surface area (Å²) in [5.41, 5.74) is 3.94. The van der Waals surface area contributed by atoms with Gasteiger partial charge in [0.2, 0.25) is 11.8 Å². The number of fused-ring (bicyclic) bond motifs is 1. The normalized spacial score (nSPS) is 13.7. The molecule has 0 spiro atoms. The first-order chi connectivity index (χ1) is 14.5. The Balaban J connectivity index is 1.32. The molecule has 0 aliphatic carbocycles. The highest BCUT2D eigenvalue weighted by Crippen LogP contribution is 2.24. The molecule has 0 radical (unpaired) electrons. The Bertz CT molecular complexity index is 1100. The van der Waals surface area contributed by atoms with Gasteiger partial charge >= 0.3 is 0 Å². The van der Waals surface area contributed by atoms with Crippen molar-refractivity contribution in [3.05, 3.63) is 60.0 Å². The molecule has 0 saturated heterocycles. The van der Waals surface area contributed by atoms with Crippen molar-refractivity contribution in [1.29, 1.82) is 0 Å². The molecule has 1 aliphatic rings. The van der Waals surface area contributed by atoms with Crippen molar-refractivity contribution in [2.75, 3.05) is 11.9 Å². The Morgan fingerprint density at radius 1 is 1.13 bits per heavy atom. The van der Waals surface area contributed by atoms with Gasteiger partial charge in [-0.25, -0.2) is 9.99 Å². The molecule has 7 nitrogen and oxygen atoms in total. The fourth-order valence-corrected chi connectivity index (χ4v) is 3.31. The number of rotatable bonds is 6. The van der Waals surface area contributed by atoms with Gasteiger partial charge in [-0.3, -0.25) is 9.59 Å². The molecule has 1 N–H and O–H groups in total. The maximum atomic E-state index is 12.4. The summed E-state index contributed by atoms with van der Waals surface area (Å²) in [6.45, 7) is 4.57. The first-order valence-electron chi connectivity index (χ1n) is 10.1. The van der Waals surface area contributed by atoms with Crippen LogP contribution in [0.4, 0.5) is 5.69 Å². The van der Waals surface area contributed by atoms with Crippen LogP contribution in [0.1, 0.15) is 50.5 Å². The zero-order valence-corrected chi connectivity index (χ0v) is 17.1. The molecule has 3 aromatic rings. The summed E-state index contributed by atoms with van der Waals surface area (Å²) in [6, 6.07) is 15.2. The van der Waals surface area contributed by atoms with E-state index in [9.17, 15) is 9.59 Å². The lowest BCUT2D eigenvalue weighted by Crippen LogP contribution is -2.24. The van der Waals surface area contributed by atoms with Crippen molar-refractivity contribution in [3.8, 4) is 0 Å². The molecule has 7 heteroatoms. The van der Waals surface area contributed by atoms with E-state index in [0.717, 1.165) is 17.7 Å². The number of amides is 2. The minimum atomic E-state index is -0.221. The van der Waals surface area contributed by atoms with Gasteiger partial charge in [-0.15, -0.1) is 0 Å². The van der Waals surface area contributed by atoms with Crippen LogP contribution in [-0.4, -0.2) is 34.1 Å². The van der Waals surface area contributed by atoms with Gasteiger partial charge < -0.3 is 9.73 Å². The van der Waals surface area contributed by atoms with E-state index in [-0.39, 0.29) is 30.6 Å². The Morgan fingerprint density at radius 3 is 2.70 bits per heavy atom. The summed E-state index contributed by atoms with van der Waals surface area (Å²) < 4.78 is 5.68. The predicted molar refractivity (Wildman–Crippen MR) is 115 cm³/mol. The molecule has 0 fully saturated rings. The first kappa shape index (κ1) is 19.8. The molecule has 2 heterocycles. The van der Waals surface area contributed by atoms with Crippen molar-refractivity contribution < 1.29 is 14.0 Å². The van der Waals surface area contributed by atoms with Gasteiger partial charge in [-0.05, 0) is 23.8 Å². The molecule has 1 aromatic heterocycles. The maximum Gasteiger partial charge on any atom is 0.243 e. The van der Waals surface area contributed by atoms with Gasteiger partial charge in [-0.2, -0.15) is 5.10 Å². The molecular formula is C23H24N4O3. The van der Waals surface area contributed by atoms with Crippen molar-refractivity contribution in [2.45, 2.75) is 39.0 Å². The van der Waals surface area contributed by atoms with Crippen LogP contribution in [0.15, 0.2) is 58.0 Å². The second-order valence-electron chi connectivity index (χ2n) is 7.62. The highest BCUT2D eigenvalue weighted by atomic mass is 16.3. The Labute approximate surface area is 174 Å². The zero-order valence-electron chi connectivity index (χ0n) is 17.1. The number of aromatic nitrogens is 1. The molecule has 2 amide bonds. The van der Waals surface area contributed by atoms with E-state index in [1.807, 2.05) is 44.2 Å². The standard InChI is InChI=1S/C23H24N4O3/c1-15(2)23-25-19-14-17(8-9-20(19)30-23)24-21(28)10-11-22(29)27-13-12-18(26-27)16-6-4-3-5-7-16/h3-9,14-15H,10-13H2,1-2H3,(H,24,28). The summed E-state index contributed by atoms with van der Waals surface area (Å²) in [4.78, 5) is 29.2. The van der Waals surface area contributed by atoms with Gasteiger partial charge in [0.1, 0.15) is 5.52 Å². The average molecular weight is 404 g/mol. The van der Waals surface area contributed by atoms with Crippen molar-refractivity contribution >= 4 is 34.3 Å². The molecule has 2 aromatic carbocycles. The van der Waals surface area contributed by atoms with Crippen LogP contribution >= 0.6 is 0 Å². The molecular weight excluding hydrogens is 380 g/mol. The topological polar surface area (TPSA) is 87.8 Å². The van der Waals surface area contributed by atoms with Gasteiger partial charge in [0, 0.05) is 30.9 Å². The van der Waals surface area contributed by atoms with E-state index >= 15 is 0 Å². The van der Waals surface area contributed by atoms with Crippen molar-refractivity contribution in [1.82, 2.24) is 9.99 Å². The van der Waals surface area contributed by atoms with E-state index in [4.69, 9.17) is 4.42 Å². The highest BCUT2D eigenvalue weighted by Gasteiger charge is 2.22. The van der Waals surface area contributed by atoms with Crippen LogP contribution in [0, 0.1) is 0 Å². The Kier molecular flexibility index (Phi) is 5.61. The summed E-state index contributed by atoms with van der Waals surface area (Å²) in [6.07, 6.45) is 0.929. The van der Waals surface area contributed by atoms with E-state index in [1.54, 1.807) is 18.2 Å². The third-order valence-corrected chi connectivity index (χ3v) is 4.94. The highest BCUT2D eigenvalue weighted by molar-refractivity contribution is 6.03. The van der Waals surface area contributed by atoms with Gasteiger partial charge in [0.15, 0.2) is 11.5 Å².